The van der Waals surface area contributed by atoms with Crippen molar-refractivity contribution in [3.05, 3.63) is 29.5 Å². The summed E-state index contributed by atoms with van der Waals surface area (Å²) in [6.45, 7) is 9.83. The third kappa shape index (κ3) is 2.27. The van der Waals surface area contributed by atoms with E-state index in [0.717, 1.165) is 24.0 Å². The van der Waals surface area contributed by atoms with Gasteiger partial charge in [0.25, 0.3) is 0 Å². The Labute approximate surface area is 155 Å². The first-order valence-corrected chi connectivity index (χ1v) is 9.31. The minimum atomic E-state index is -0.656. The van der Waals surface area contributed by atoms with Gasteiger partial charge in [-0.3, -0.25) is 9.59 Å². The normalized spacial score (nSPS) is 38.2. The number of fused-ring (bicyclic) bond motifs is 3. The van der Waals surface area contributed by atoms with E-state index in [1.807, 2.05) is 13.8 Å². The second kappa shape index (κ2) is 5.96. The van der Waals surface area contributed by atoms with Crippen LogP contribution in [0.2, 0.25) is 0 Å². The lowest BCUT2D eigenvalue weighted by atomic mass is 9.42. The summed E-state index contributed by atoms with van der Waals surface area (Å²) in [6.07, 6.45) is 5.41. The van der Waals surface area contributed by atoms with Gasteiger partial charge in [0.15, 0.2) is 5.78 Å². The number of Topliss-reactive ketones (excluding diaryl/α,β-unsaturated/α-hetero) is 1. The predicted octanol–water partition coefficient (Wildman–Crippen LogP) is 4.13. The number of rotatable bonds is 1. The highest BCUT2D eigenvalue weighted by atomic mass is 16.5. The maximum absolute atomic E-state index is 12.9. The molecule has 0 aromatic carbocycles. The highest BCUT2D eigenvalue weighted by Crippen LogP contribution is 2.66. The summed E-state index contributed by atoms with van der Waals surface area (Å²) >= 11 is 0. The van der Waals surface area contributed by atoms with Crippen LogP contribution in [0.5, 0.6) is 0 Å². The van der Waals surface area contributed by atoms with Gasteiger partial charge in [0, 0.05) is 5.41 Å². The van der Waals surface area contributed by atoms with Crippen molar-refractivity contribution in [2.75, 3.05) is 7.11 Å². The van der Waals surface area contributed by atoms with E-state index >= 15 is 0 Å². The Hall–Kier alpha value is -2.11. The third-order valence-corrected chi connectivity index (χ3v) is 7.31. The van der Waals surface area contributed by atoms with E-state index in [-0.39, 0.29) is 17.7 Å². The molecule has 3 rings (SSSR count). The summed E-state index contributed by atoms with van der Waals surface area (Å²) in [4.78, 5) is 25.7. The standard InChI is InChI=1S/C22H27NO3/c1-6-14-7-9-22(19(25)26-5)10-8-16-20(2,3)18(24)15(13-23)12-21(16,4)17(22)11-14/h11,15-16H,1,7-10,12H2,2-5H3/t15?,16?,21-,22-/m0/s1. The number of carbonyl (C=O) groups is 2. The van der Waals surface area contributed by atoms with Crippen LogP contribution in [0.15, 0.2) is 29.5 Å². The monoisotopic (exact) mass is 353 g/mol. The van der Waals surface area contributed by atoms with Gasteiger partial charge in [0.05, 0.1) is 18.6 Å². The molecule has 3 aliphatic carbocycles. The Kier molecular flexibility index (Phi) is 4.28. The van der Waals surface area contributed by atoms with Crippen molar-refractivity contribution in [3.63, 3.8) is 0 Å². The van der Waals surface area contributed by atoms with Crippen molar-refractivity contribution in [2.45, 2.75) is 52.9 Å². The summed E-state index contributed by atoms with van der Waals surface area (Å²) in [5.41, 5.74) is 3.35. The Balaban J connectivity index is 2.23. The second-order valence-corrected chi connectivity index (χ2v) is 8.81. The number of ether oxygens (including phenoxy) is 1. The molecule has 0 radical (unpaired) electrons. The maximum Gasteiger partial charge on any atom is 0.315 e. The Bertz CT molecular complexity index is 793. The molecular formula is C22H27NO3. The van der Waals surface area contributed by atoms with Gasteiger partial charge in [0.1, 0.15) is 5.92 Å². The molecule has 0 aromatic heterocycles. The Morgan fingerprint density at radius 2 is 2.04 bits per heavy atom. The zero-order valence-electron chi connectivity index (χ0n) is 16.1. The SMILES string of the molecule is C=C=C1C=C2[C@](C(=O)OC)(CC1)CCC1C(C)(C)C(=O)C(C#N)C[C@]21C. The van der Waals surface area contributed by atoms with Crippen LogP contribution in [-0.2, 0) is 14.3 Å². The minimum Gasteiger partial charge on any atom is -0.468 e. The fourth-order valence-corrected chi connectivity index (χ4v) is 6.04. The van der Waals surface area contributed by atoms with Crippen LogP contribution in [0.3, 0.4) is 0 Å². The summed E-state index contributed by atoms with van der Waals surface area (Å²) in [7, 11) is 1.44. The topological polar surface area (TPSA) is 67.2 Å². The van der Waals surface area contributed by atoms with Crippen LogP contribution in [0.1, 0.15) is 52.9 Å². The number of nitrogens with zero attached hydrogens (tertiary/aromatic N) is 1. The number of nitriles is 1. The number of methoxy groups -OCH3 is 1. The molecule has 3 aliphatic rings. The van der Waals surface area contributed by atoms with Crippen molar-refractivity contribution in [1.82, 2.24) is 0 Å². The van der Waals surface area contributed by atoms with Crippen molar-refractivity contribution >= 4 is 11.8 Å². The van der Waals surface area contributed by atoms with Crippen molar-refractivity contribution < 1.29 is 14.3 Å². The van der Waals surface area contributed by atoms with Crippen LogP contribution in [0.4, 0.5) is 0 Å². The largest absolute Gasteiger partial charge is 0.468 e. The second-order valence-electron chi connectivity index (χ2n) is 8.81. The molecule has 0 saturated heterocycles. The molecule has 0 N–H and O–H groups in total. The minimum absolute atomic E-state index is 0.0314. The van der Waals surface area contributed by atoms with E-state index in [9.17, 15) is 14.9 Å². The van der Waals surface area contributed by atoms with E-state index in [1.54, 1.807) is 0 Å². The van der Waals surface area contributed by atoms with Gasteiger partial charge in [-0.1, -0.05) is 33.4 Å². The third-order valence-electron chi connectivity index (χ3n) is 7.31. The molecule has 138 valence electrons. The smallest absolute Gasteiger partial charge is 0.315 e. The number of allylic oxidation sites excluding steroid dienone is 2. The molecule has 0 aromatic rings. The highest BCUT2D eigenvalue weighted by molar-refractivity contribution is 5.91. The molecular weight excluding hydrogens is 326 g/mol. The van der Waals surface area contributed by atoms with Gasteiger partial charge >= 0.3 is 5.97 Å². The van der Waals surface area contributed by atoms with E-state index in [0.29, 0.717) is 19.3 Å². The van der Waals surface area contributed by atoms with Gasteiger partial charge in [-0.2, -0.15) is 5.26 Å². The molecule has 0 spiro atoms. The van der Waals surface area contributed by atoms with E-state index < -0.39 is 22.2 Å². The van der Waals surface area contributed by atoms with Gasteiger partial charge in [-0.25, -0.2) is 0 Å². The first-order valence-electron chi connectivity index (χ1n) is 9.31. The molecule has 4 nitrogen and oxygen atoms in total. The van der Waals surface area contributed by atoms with E-state index in [2.05, 4.69) is 31.4 Å². The summed E-state index contributed by atoms with van der Waals surface area (Å²) in [6, 6.07) is 2.22. The first kappa shape index (κ1) is 18.7. The number of esters is 1. The first-order chi connectivity index (χ1) is 12.2. The molecule has 2 fully saturated rings. The molecule has 4 heteroatoms. The maximum atomic E-state index is 12.9. The fourth-order valence-electron chi connectivity index (χ4n) is 6.04. The van der Waals surface area contributed by atoms with Crippen LogP contribution in [-0.4, -0.2) is 18.9 Å². The van der Waals surface area contributed by atoms with Crippen LogP contribution >= 0.6 is 0 Å². The van der Waals surface area contributed by atoms with Crippen LogP contribution in [0, 0.1) is 39.4 Å². The van der Waals surface area contributed by atoms with Gasteiger partial charge < -0.3 is 4.74 Å². The molecule has 0 bridgehead atoms. The van der Waals surface area contributed by atoms with Crippen LogP contribution < -0.4 is 0 Å². The Morgan fingerprint density at radius 3 is 2.62 bits per heavy atom. The number of hydrogen-bond donors (Lipinski definition) is 0. The lowest BCUT2D eigenvalue weighted by Crippen LogP contribution is -2.58. The van der Waals surface area contributed by atoms with Gasteiger partial charge in [0.2, 0.25) is 0 Å². The molecule has 0 amide bonds. The number of hydrogen-bond acceptors (Lipinski definition) is 4. The van der Waals surface area contributed by atoms with Crippen molar-refractivity contribution in [3.8, 4) is 6.07 Å². The zero-order chi connectivity index (χ0) is 19.3. The highest BCUT2D eigenvalue weighted by Gasteiger charge is 2.64. The molecule has 4 atom stereocenters. The average Bonchev–Trinajstić information content (AvgIpc) is 2.63. The van der Waals surface area contributed by atoms with E-state index in [1.165, 1.54) is 7.11 Å². The summed E-state index contributed by atoms with van der Waals surface area (Å²) in [5.74, 6) is -0.710. The molecule has 26 heavy (non-hydrogen) atoms. The lowest BCUT2D eigenvalue weighted by molar-refractivity contribution is -0.160. The number of carbonyl (C=O) groups excluding carboxylic acids is 2. The molecule has 0 aliphatic heterocycles. The molecule has 2 unspecified atom stereocenters. The van der Waals surface area contributed by atoms with Gasteiger partial charge in [-0.05, 0) is 54.6 Å². The van der Waals surface area contributed by atoms with Crippen LogP contribution in [0.25, 0.3) is 0 Å². The van der Waals surface area contributed by atoms with Crippen molar-refractivity contribution in [1.29, 1.82) is 5.26 Å². The number of ketones is 1. The quantitative estimate of drug-likeness (QED) is 0.525. The molecule has 0 heterocycles. The average molecular weight is 353 g/mol. The zero-order valence-corrected chi connectivity index (χ0v) is 16.1. The lowest BCUT2D eigenvalue weighted by Gasteiger charge is -2.60. The summed E-state index contributed by atoms with van der Waals surface area (Å²) in [5, 5.41) is 9.60. The fraction of sp³-hybridized carbons (Fsp3) is 0.636. The Morgan fingerprint density at radius 1 is 1.35 bits per heavy atom. The summed E-state index contributed by atoms with van der Waals surface area (Å²) < 4.78 is 5.21. The van der Waals surface area contributed by atoms with E-state index in [4.69, 9.17) is 4.74 Å². The van der Waals surface area contributed by atoms with Gasteiger partial charge in [-0.15, -0.1) is 5.73 Å². The van der Waals surface area contributed by atoms with Crippen molar-refractivity contribution in [2.24, 2.45) is 28.1 Å². The molecule has 2 saturated carbocycles. The predicted molar refractivity (Wildman–Crippen MR) is 97.8 cm³/mol.